The van der Waals surface area contributed by atoms with Crippen molar-refractivity contribution in [2.45, 2.75) is 31.6 Å². The van der Waals surface area contributed by atoms with Gasteiger partial charge in [-0.15, -0.1) is 4.52 Å². The third-order valence-electron chi connectivity index (χ3n) is 5.29. The van der Waals surface area contributed by atoms with Crippen molar-refractivity contribution < 1.29 is 56.8 Å². The minimum atomic E-state index is -4.88. The maximum absolute atomic E-state index is 12.9. The summed E-state index contributed by atoms with van der Waals surface area (Å²) in [5, 5.41) is 8.09. The Bertz CT molecular complexity index is 1220. The maximum atomic E-state index is 12.9. The molecule has 1 fully saturated rings. The molecule has 1 amide bonds. The number of carbonyl (C=O) groups excluding carboxylic acids is 3. The van der Waals surface area contributed by atoms with E-state index in [4.69, 9.17) is 23.3 Å². The molecule has 4 atom stereocenters. The van der Waals surface area contributed by atoms with E-state index in [2.05, 4.69) is 4.98 Å². The number of benzene rings is 1. The topological polar surface area (TPSA) is 188 Å². The number of hydrogen-bond donors (Lipinski definition) is 2. The molecular weight excluding hydrogens is 558 g/mol. The number of nitrogens with zero attached hydrogens (tertiary/aromatic N) is 2. The Balaban J connectivity index is 1.65. The van der Waals surface area contributed by atoms with Gasteiger partial charge in [-0.05, 0) is 28.3 Å². The Kier molecular flexibility index (Phi) is 10.3. The summed E-state index contributed by atoms with van der Waals surface area (Å²) in [4.78, 5) is 50.2. The predicted octanol–water partition coefficient (Wildman–Crippen LogP) is 2.87. The summed E-state index contributed by atoms with van der Waals surface area (Å²) < 4.78 is 51.1. The number of hydrogen-bond acceptors (Lipinski definition) is 12. The van der Waals surface area contributed by atoms with Crippen LogP contribution in [0.1, 0.15) is 31.3 Å². The minimum Gasteiger partial charge on any atom is -0.464 e. The lowest BCUT2D eigenvalue weighted by molar-refractivity contribution is -0.141. The maximum Gasteiger partial charge on any atom is 0.560 e. The van der Waals surface area contributed by atoms with Gasteiger partial charge in [-0.25, -0.2) is 4.79 Å². The lowest BCUT2D eigenvalue weighted by atomic mass is 10.2. The lowest BCUT2D eigenvalue weighted by Gasteiger charge is -2.29. The molecule has 16 heteroatoms. The standard InChI is InChI=1S/C23H26N2O12P2/c1-16(26)33-12-10-25(11-13-34-17(2)27)22(28)35-20-7-5-19(6-8-20)21-36-38(30)23(29,39(31,32)37-21)14-18-4-3-9-24-15-18/h3-9,15,21,29H,10-14H2,1-2H3/p+1. The second kappa shape index (κ2) is 13.2. The third kappa shape index (κ3) is 8.12. The van der Waals surface area contributed by atoms with Crippen molar-refractivity contribution in [2.75, 3.05) is 26.3 Å². The Morgan fingerprint density at radius 2 is 1.72 bits per heavy atom. The smallest absolute Gasteiger partial charge is 0.464 e. The van der Waals surface area contributed by atoms with Gasteiger partial charge in [-0.3, -0.25) is 23.7 Å². The average Bonchev–Trinajstić information content (AvgIpc) is 2.87. The third-order valence-corrected chi connectivity index (χ3v) is 9.20. The molecule has 4 unspecified atom stereocenters. The van der Waals surface area contributed by atoms with E-state index < -0.39 is 51.4 Å². The van der Waals surface area contributed by atoms with E-state index in [0.29, 0.717) is 5.56 Å². The van der Waals surface area contributed by atoms with Crippen molar-refractivity contribution in [1.29, 1.82) is 0 Å². The zero-order valence-corrected chi connectivity index (χ0v) is 22.8. The summed E-state index contributed by atoms with van der Waals surface area (Å²) in [5.41, 5.74) is 0.515. The fourth-order valence-electron chi connectivity index (χ4n) is 3.32. The molecule has 0 saturated carbocycles. The van der Waals surface area contributed by atoms with Crippen molar-refractivity contribution in [3.05, 3.63) is 59.9 Å². The SMILES string of the molecule is CC(=O)OCCN(CCOC(C)=O)C(=O)Oc1ccc(C2O[P+](=O)C(O)(Cc3cccnc3)P(=O)(O)O2)cc1. The van der Waals surface area contributed by atoms with Crippen LogP contribution >= 0.6 is 15.6 Å². The van der Waals surface area contributed by atoms with Crippen molar-refractivity contribution in [3.8, 4) is 5.75 Å². The number of carbonyl (C=O) groups is 3. The molecule has 3 rings (SSSR count). The van der Waals surface area contributed by atoms with Crippen LogP contribution in [0.4, 0.5) is 4.79 Å². The Morgan fingerprint density at radius 1 is 1.10 bits per heavy atom. The molecule has 0 bridgehead atoms. The van der Waals surface area contributed by atoms with E-state index in [1.165, 1.54) is 61.5 Å². The van der Waals surface area contributed by atoms with E-state index >= 15 is 0 Å². The highest BCUT2D eigenvalue weighted by molar-refractivity contribution is 7.68. The van der Waals surface area contributed by atoms with Gasteiger partial charge in [0.15, 0.2) is 0 Å². The number of aromatic nitrogens is 1. The van der Waals surface area contributed by atoms with Crippen LogP contribution in [-0.2, 0) is 43.7 Å². The molecule has 1 aromatic heterocycles. The van der Waals surface area contributed by atoms with Crippen LogP contribution in [0.15, 0.2) is 48.8 Å². The molecule has 2 N–H and O–H groups in total. The number of aliphatic hydroxyl groups is 1. The normalized spacial score (nSPS) is 23.5. The van der Waals surface area contributed by atoms with Crippen LogP contribution in [0.3, 0.4) is 0 Å². The summed E-state index contributed by atoms with van der Waals surface area (Å²) in [6.07, 6.45) is -0.0405. The fourth-order valence-corrected chi connectivity index (χ4v) is 6.29. The highest BCUT2D eigenvalue weighted by Crippen LogP contribution is 2.72. The Morgan fingerprint density at radius 3 is 2.23 bits per heavy atom. The molecule has 1 aliphatic heterocycles. The number of ether oxygens (including phenoxy) is 3. The first-order chi connectivity index (χ1) is 18.4. The first kappa shape index (κ1) is 30.3. The minimum absolute atomic E-state index is 0.0255. The predicted molar refractivity (Wildman–Crippen MR) is 133 cm³/mol. The van der Waals surface area contributed by atoms with E-state index in [1.54, 1.807) is 6.07 Å². The van der Waals surface area contributed by atoms with Crippen molar-refractivity contribution in [1.82, 2.24) is 9.88 Å². The van der Waals surface area contributed by atoms with Gasteiger partial charge in [0, 0.05) is 31.8 Å². The summed E-state index contributed by atoms with van der Waals surface area (Å²) in [6, 6.07) is 8.46. The lowest BCUT2D eigenvalue weighted by Crippen LogP contribution is -2.39. The number of esters is 2. The molecule has 1 saturated heterocycles. The van der Waals surface area contributed by atoms with E-state index in [9.17, 15) is 33.5 Å². The number of rotatable bonds is 10. The highest BCUT2D eigenvalue weighted by Gasteiger charge is 2.70. The van der Waals surface area contributed by atoms with Gasteiger partial charge in [-0.1, -0.05) is 18.2 Å². The van der Waals surface area contributed by atoms with E-state index in [1.807, 2.05) is 0 Å². The zero-order chi connectivity index (χ0) is 28.6. The molecule has 0 aliphatic carbocycles. The van der Waals surface area contributed by atoms with Gasteiger partial charge in [0.1, 0.15) is 19.0 Å². The zero-order valence-electron chi connectivity index (χ0n) is 21.0. The van der Waals surface area contributed by atoms with Crippen LogP contribution in [0.25, 0.3) is 0 Å². The molecule has 0 radical (unpaired) electrons. The molecule has 1 aromatic carbocycles. The Hall–Kier alpha value is -3.25. The molecule has 2 aromatic rings. The van der Waals surface area contributed by atoms with Gasteiger partial charge in [0.25, 0.3) is 0 Å². The quantitative estimate of drug-likeness (QED) is 0.306. The molecule has 2 heterocycles. The first-order valence-corrected chi connectivity index (χ1v) is 14.3. The van der Waals surface area contributed by atoms with Crippen LogP contribution in [0.5, 0.6) is 5.75 Å². The number of amides is 1. The number of pyridine rings is 1. The van der Waals surface area contributed by atoms with Crippen molar-refractivity contribution in [3.63, 3.8) is 0 Å². The molecule has 14 nitrogen and oxygen atoms in total. The Labute approximate surface area is 224 Å². The molecule has 39 heavy (non-hydrogen) atoms. The summed E-state index contributed by atoms with van der Waals surface area (Å²) in [6.45, 7) is 2.18. The second-order valence-electron chi connectivity index (χ2n) is 8.24. The first-order valence-electron chi connectivity index (χ1n) is 11.5. The average molecular weight is 585 g/mol. The summed E-state index contributed by atoms with van der Waals surface area (Å²) in [5.74, 6) is -0.999. The monoisotopic (exact) mass is 585 g/mol. The molecule has 1 aliphatic rings. The summed E-state index contributed by atoms with van der Waals surface area (Å²) >= 11 is 0. The van der Waals surface area contributed by atoms with Crippen molar-refractivity contribution >= 4 is 33.7 Å². The van der Waals surface area contributed by atoms with Crippen LogP contribution in [0.2, 0.25) is 0 Å². The molecule has 0 spiro atoms. The van der Waals surface area contributed by atoms with Gasteiger partial charge >= 0.3 is 38.7 Å². The van der Waals surface area contributed by atoms with Gasteiger partial charge in [-0.2, -0.15) is 0 Å². The van der Waals surface area contributed by atoms with Gasteiger partial charge in [0.2, 0.25) is 6.29 Å². The second-order valence-corrected chi connectivity index (χ2v) is 12.0. The molecular formula is C23H27N2O12P2+. The van der Waals surface area contributed by atoms with E-state index in [0.717, 1.165) is 0 Å². The van der Waals surface area contributed by atoms with Crippen LogP contribution in [-0.4, -0.2) is 69.3 Å². The highest BCUT2D eigenvalue weighted by atomic mass is 31.2. The fraction of sp³-hybridized carbons (Fsp3) is 0.391. The van der Waals surface area contributed by atoms with Crippen LogP contribution in [0, 0.1) is 0 Å². The largest absolute Gasteiger partial charge is 0.560 e. The van der Waals surface area contributed by atoms with Crippen molar-refractivity contribution in [2.24, 2.45) is 0 Å². The molecule has 210 valence electrons. The van der Waals surface area contributed by atoms with E-state index in [-0.39, 0.29) is 37.6 Å². The van der Waals surface area contributed by atoms with Crippen LogP contribution < -0.4 is 4.74 Å². The van der Waals surface area contributed by atoms with Gasteiger partial charge in [0.05, 0.1) is 19.5 Å². The summed E-state index contributed by atoms with van der Waals surface area (Å²) in [7, 11) is -7.97. The van der Waals surface area contributed by atoms with Gasteiger partial charge < -0.3 is 29.1 Å².